The molecule has 112 valence electrons. The van der Waals surface area contributed by atoms with Crippen molar-refractivity contribution in [3.63, 3.8) is 0 Å². The number of nitrogens with two attached hydrogens (primary N) is 1. The van der Waals surface area contributed by atoms with E-state index in [0.717, 1.165) is 19.5 Å². The van der Waals surface area contributed by atoms with Gasteiger partial charge in [0.15, 0.2) is 0 Å². The lowest BCUT2D eigenvalue weighted by Gasteiger charge is -2.38. The molecule has 2 unspecified atom stereocenters. The maximum absolute atomic E-state index is 6.23. The van der Waals surface area contributed by atoms with Crippen molar-refractivity contribution in [3.05, 3.63) is 29.6 Å². The molecule has 4 nitrogen and oxygen atoms in total. The highest BCUT2D eigenvalue weighted by atomic mass is 15.3. The molecule has 0 saturated heterocycles. The first-order valence-corrected chi connectivity index (χ1v) is 7.46. The largest absolute Gasteiger partial charge is 0.326 e. The minimum Gasteiger partial charge on any atom is -0.326 e. The van der Waals surface area contributed by atoms with E-state index >= 15 is 0 Å². The normalized spacial score (nSPS) is 20.6. The fourth-order valence-corrected chi connectivity index (χ4v) is 3.06. The summed E-state index contributed by atoms with van der Waals surface area (Å²) in [6.45, 7) is 11.0. The third kappa shape index (κ3) is 3.30. The van der Waals surface area contributed by atoms with Gasteiger partial charge in [0.25, 0.3) is 0 Å². The highest BCUT2D eigenvalue weighted by Gasteiger charge is 2.28. The van der Waals surface area contributed by atoms with Crippen molar-refractivity contribution in [1.82, 2.24) is 14.7 Å². The van der Waals surface area contributed by atoms with Gasteiger partial charge in [0.05, 0.1) is 12.2 Å². The van der Waals surface area contributed by atoms with Crippen LogP contribution in [0.25, 0.3) is 0 Å². The summed E-state index contributed by atoms with van der Waals surface area (Å²) < 4.78 is 1.85. The Balaban J connectivity index is 2.16. The van der Waals surface area contributed by atoms with Crippen LogP contribution < -0.4 is 5.73 Å². The highest BCUT2D eigenvalue weighted by Crippen LogP contribution is 2.33. The monoisotopic (exact) mass is 276 g/mol. The van der Waals surface area contributed by atoms with Gasteiger partial charge >= 0.3 is 0 Å². The van der Waals surface area contributed by atoms with E-state index in [-0.39, 0.29) is 17.5 Å². The number of aromatic nitrogens is 2. The molecule has 20 heavy (non-hydrogen) atoms. The quantitative estimate of drug-likeness (QED) is 0.863. The molecule has 0 saturated carbocycles. The van der Waals surface area contributed by atoms with Gasteiger partial charge in [-0.25, -0.2) is 0 Å². The Kier molecular flexibility index (Phi) is 4.35. The van der Waals surface area contributed by atoms with Crippen LogP contribution in [0.1, 0.15) is 45.7 Å². The van der Waals surface area contributed by atoms with Gasteiger partial charge in [-0.1, -0.05) is 32.4 Å². The summed E-state index contributed by atoms with van der Waals surface area (Å²) in [6.07, 6.45) is 7.54. The smallest absolute Gasteiger partial charge is 0.0538 e. The molecule has 0 spiro atoms. The summed E-state index contributed by atoms with van der Waals surface area (Å²) in [4.78, 5) is 2.47. The third-order valence-electron chi connectivity index (χ3n) is 4.16. The van der Waals surface area contributed by atoms with E-state index in [4.69, 9.17) is 5.73 Å². The predicted molar refractivity (Wildman–Crippen MR) is 83.3 cm³/mol. The highest BCUT2D eigenvalue weighted by molar-refractivity contribution is 5.19. The van der Waals surface area contributed by atoms with E-state index in [1.165, 1.54) is 5.56 Å². The molecule has 2 rings (SSSR count). The minimum absolute atomic E-state index is 0.101. The van der Waals surface area contributed by atoms with Gasteiger partial charge in [0.1, 0.15) is 0 Å². The lowest BCUT2D eigenvalue weighted by Crippen LogP contribution is -2.42. The maximum Gasteiger partial charge on any atom is 0.0538 e. The zero-order chi connectivity index (χ0) is 14.9. The van der Waals surface area contributed by atoms with Crippen molar-refractivity contribution < 1.29 is 0 Å². The molecule has 2 N–H and O–H groups in total. The second kappa shape index (κ2) is 5.70. The van der Waals surface area contributed by atoms with Crippen LogP contribution in [0.3, 0.4) is 0 Å². The van der Waals surface area contributed by atoms with Crippen LogP contribution in [0.15, 0.2) is 24.0 Å². The molecular weight excluding hydrogens is 248 g/mol. The van der Waals surface area contributed by atoms with Crippen molar-refractivity contribution >= 4 is 0 Å². The Hall–Kier alpha value is -1.13. The Morgan fingerprint density at radius 1 is 1.35 bits per heavy atom. The predicted octanol–water partition coefficient (Wildman–Crippen LogP) is 2.49. The molecule has 1 aliphatic heterocycles. The van der Waals surface area contributed by atoms with Gasteiger partial charge < -0.3 is 5.73 Å². The Bertz CT molecular complexity index is 479. The summed E-state index contributed by atoms with van der Waals surface area (Å²) in [5.41, 5.74) is 9.29. The first kappa shape index (κ1) is 15.3. The average molecular weight is 276 g/mol. The van der Waals surface area contributed by atoms with E-state index in [0.29, 0.717) is 0 Å². The first-order valence-electron chi connectivity index (χ1n) is 7.46. The van der Waals surface area contributed by atoms with Gasteiger partial charge in [-0.05, 0) is 18.8 Å². The number of hydrogen-bond donors (Lipinski definition) is 1. The van der Waals surface area contributed by atoms with Crippen LogP contribution in [0.4, 0.5) is 0 Å². The summed E-state index contributed by atoms with van der Waals surface area (Å²) >= 11 is 0. The fraction of sp³-hybridized carbons (Fsp3) is 0.688. The Morgan fingerprint density at radius 3 is 2.45 bits per heavy atom. The Labute approximate surface area is 122 Å². The molecule has 0 amide bonds. The topological polar surface area (TPSA) is 47.1 Å². The van der Waals surface area contributed by atoms with Crippen LogP contribution in [0.5, 0.6) is 0 Å². The molecule has 0 aromatic carbocycles. The van der Waals surface area contributed by atoms with Crippen LogP contribution >= 0.6 is 0 Å². The zero-order valence-electron chi connectivity index (χ0n) is 13.4. The second-order valence-corrected chi connectivity index (χ2v) is 6.98. The van der Waals surface area contributed by atoms with Crippen LogP contribution in [0.2, 0.25) is 0 Å². The molecule has 2 heterocycles. The molecular formula is C16H28N4. The van der Waals surface area contributed by atoms with Gasteiger partial charge in [0, 0.05) is 37.9 Å². The van der Waals surface area contributed by atoms with Gasteiger partial charge in [-0.2, -0.15) is 5.10 Å². The van der Waals surface area contributed by atoms with Crippen molar-refractivity contribution in [2.75, 3.05) is 13.1 Å². The number of hydrogen-bond acceptors (Lipinski definition) is 3. The summed E-state index contributed by atoms with van der Waals surface area (Å²) in [6, 6.07) is 0.352. The Morgan fingerprint density at radius 2 is 2.05 bits per heavy atom. The number of aryl methyl sites for hydroxylation is 1. The zero-order valence-corrected chi connectivity index (χ0v) is 13.4. The van der Waals surface area contributed by atoms with E-state index in [9.17, 15) is 0 Å². The van der Waals surface area contributed by atoms with Gasteiger partial charge in [-0.15, -0.1) is 0 Å². The maximum atomic E-state index is 6.23. The SMILES string of the molecule is CC(N)C(c1cnn(C)c1)N1CC=C(C(C)(C)C)CC1. The van der Waals surface area contributed by atoms with E-state index in [1.54, 1.807) is 5.57 Å². The number of rotatable bonds is 3. The summed E-state index contributed by atoms with van der Waals surface area (Å²) in [5.74, 6) is 0. The van der Waals surface area contributed by atoms with Crippen molar-refractivity contribution in [2.45, 2.75) is 46.2 Å². The average Bonchev–Trinajstić information content (AvgIpc) is 2.75. The molecule has 0 aliphatic carbocycles. The number of nitrogens with zero attached hydrogens (tertiary/aromatic N) is 3. The van der Waals surface area contributed by atoms with Crippen molar-refractivity contribution in [1.29, 1.82) is 0 Å². The van der Waals surface area contributed by atoms with Gasteiger partial charge in [0.2, 0.25) is 0 Å². The van der Waals surface area contributed by atoms with Gasteiger partial charge in [-0.3, -0.25) is 9.58 Å². The second-order valence-electron chi connectivity index (χ2n) is 6.98. The molecule has 0 radical (unpaired) electrons. The van der Waals surface area contributed by atoms with Crippen LogP contribution in [-0.4, -0.2) is 33.8 Å². The fourth-order valence-electron chi connectivity index (χ4n) is 3.06. The third-order valence-corrected chi connectivity index (χ3v) is 4.16. The first-order chi connectivity index (χ1) is 9.29. The van der Waals surface area contributed by atoms with Crippen molar-refractivity contribution in [3.8, 4) is 0 Å². The van der Waals surface area contributed by atoms with E-state index < -0.39 is 0 Å². The summed E-state index contributed by atoms with van der Waals surface area (Å²) in [5, 5.41) is 4.29. The lowest BCUT2D eigenvalue weighted by molar-refractivity contribution is 0.184. The molecule has 1 aliphatic rings. The minimum atomic E-state index is 0.101. The molecule has 0 fully saturated rings. The van der Waals surface area contributed by atoms with Crippen LogP contribution in [0, 0.1) is 5.41 Å². The van der Waals surface area contributed by atoms with E-state index in [2.05, 4.69) is 50.0 Å². The molecule has 2 atom stereocenters. The van der Waals surface area contributed by atoms with E-state index in [1.807, 2.05) is 17.9 Å². The molecule has 1 aromatic heterocycles. The lowest BCUT2D eigenvalue weighted by atomic mass is 9.82. The van der Waals surface area contributed by atoms with Crippen molar-refractivity contribution in [2.24, 2.45) is 18.2 Å². The van der Waals surface area contributed by atoms with Crippen LogP contribution in [-0.2, 0) is 7.05 Å². The molecule has 1 aromatic rings. The summed E-state index contributed by atoms with van der Waals surface area (Å²) in [7, 11) is 1.95. The molecule has 0 bridgehead atoms. The molecule has 4 heteroatoms. The standard InChI is InChI=1S/C16H28N4/c1-12(17)15(13-10-18-19(5)11-13)20-8-6-14(7-9-20)16(2,3)4/h6,10-12,15H,7-9,17H2,1-5H3.